The average Bonchev–Trinajstić information content (AvgIpc) is 3.37. The molecule has 4 atom stereocenters. The Labute approximate surface area is 244 Å². The lowest BCUT2D eigenvalue weighted by Gasteiger charge is -2.30. The highest BCUT2D eigenvalue weighted by molar-refractivity contribution is 9.10. The van der Waals surface area contributed by atoms with Crippen molar-refractivity contribution in [3.63, 3.8) is 0 Å². The summed E-state index contributed by atoms with van der Waals surface area (Å²) < 4.78 is 8.77. The van der Waals surface area contributed by atoms with Crippen molar-refractivity contribution in [2.75, 3.05) is 25.0 Å². The number of aliphatic hydroxyl groups excluding tert-OH is 2. The quantitative estimate of drug-likeness (QED) is 0.264. The molecule has 10 nitrogen and oxygen atoms in total. The third-order valence-corrected chi connectivity index (χ3v) is 8.03. The third-order valence-electron chi connectivity index (χ3n) is 7.43. The van der Waals surface area contributed by atoms with E-state index in [2.05, 4.69) is 76.1 Å². The Balaban J connectivity index is 1.30. The summed E-state index contributed by atoms with van der Waals surface area (Å²) in [5, 5.41) is 28.4. The molecule has 1 saturated heterocycles. The van der Waals surface area contributed by atoms with Crippen molar-refractivity contribution < 1.29 is 19.7 Å². The van der Waals surface area contributed by atoms with E-state index in [-0.39, 0.29) is 17.5 Å². The molecule has 0 aliphatic carbocycles. The van der Waals surface area contributed by atoms with Crippen LogP contribution in [0.25, 0.3) is 11.0 Å². The molecule has 4 N–H and O–H groups in total. The number of anilines is 1. The van der Waals surface area contributed by atoms with Crippen molar-refractivity contribution in [2.24, 2.45) is 0 Å². The second-order valence-electron chi connectivity index (χ2n) is 11.7. The molecular weight excluding hydrogens is 576 g/mol. The van der Waals surface area contributed by atoms with Crippen molar-refractivity contribution in [3.05, 3.63) is 52.5 Å². The van der Waals surface area contributed by atoms with Crippen LogP contribution in [-0.2, 0) is 10.2 Å². The van der Waals surface area contributed by atoms with Crippen molar-refractivity contribution >= 4 is 38.7 Å². The normalized spacial score (nSPS) is 21.5. The predicted octanol–water partition coefficient (Wildman–Crippen LogP) is 4.34. The minimum absolute atomic E-state index is 0.0590. The van der Waals surface area contributed by atoms with E-state index in [1.54, 1.807) is 4.57 Å². The minimum atomic E-state index is -1.11. The fourth-order valence-electron chi connectivity index (χ4n) is 4.99. The minimum Gasteiger partial charge on any atom is -0.387 e. The molecule has 0 spiro atoms. The van der Waals surface area contributed by atoms with Crippen LogP contribution in [0.5, 0.6) is 0 Å². The van der Waals surface area contributed by atoms with Crippen LogP contribution in [0.3, 0.4) is 0 Å². The molecular formula is C29H41BrN6O4. The summed E-state index contributed by atoms with van der Waals surface area (Å²) in [7, 11) is 0. The van der Waals surface area contributed by atoms with E-state index in [0.717, 1.165) is 27.7 Å². The highest BCUT2D eigenvalue weighted by atomic mass is 79.9. The van der Waals surface area contributed by atoms with Crippen LogP contribution in [-0.4, -0.2) is 79.7 Å². The highest BCUT2D eigenvalue weighted by Crippen LogP contribution is 2.36. The van der Waals surface area contributed by atoms with E-state index >= 15 is 0 Å². The molecule has 1 fully saturated rings. The molecule has 11 heteroatoms. The number of aliphatic hydroxyl groups is 2. The number of benzene rings is 1. The number of aromatic nitrogens is 3. The topological polar surface area (TPSA) is 125 Å². The number of carbonyl (C=O) groups excluding carboxylic acids is 1. The van der Waals surface area contributed by atoms with Crippen LogP contribution in [0.15, 0.2) is 41.3 Å². The van der Waals surface area contributed by atoms with E-state index in [1.807, 2.05) is 37.4 Å². The zero-order valence-corrected chi connectivity index (χ0v) is 25.6. The Morgan fingerprint density at radius 1 is 1.18 bits per heavy atom. The average molecular weight is 618 g/mol. The number of hydrogen-bond donors (Lipinski definition) is 4. The van der Waals surface area contributed by atoms with Crippen LogP contribution < -0.4 is 10.6 Å². The number of amides is 2. The second-order valence-corrected chi connectivity index (χ2v) is 12.6. The Bertz CT molecular complexity index is 1310. The molecule has 1 aromatic carbocycles. The van der Waals surface area contributed by atoms with Gasteiger partial charge in [0.05, 0.1) is 11.1 Å². The molecule has 0 saturated carbocycles. The summed E-state index contributed by atoms with van der Waals surface area (Å²) in [5.74, 6) is 0. The summed E-state index contributed by atoms with van der Waals surface area (Å²) in [6.07, 6.45) is 0.472. The van der Waals surface area contributed by atoms with Crippen molar-refractivity contribution in [3.8, 4) is 0 Å². The van der Waals surface area contributed by atoms with Gasteiger partial charge in [0.15, 0.2) is 6.23 Å². The van der Waals surface area contributed by atoms with Crippen LogP contribution in [0.1, 0.15) is 58.5 Å². The van der Waals surface area contributed by atoms with Crippen LogP contribution in [0, 0.1) is 6.92 Å². The van der Waals surface area contributed by atoms with Crippen molar-refractivity contribution in [1.82, 2.24) is 24.8 Å². The lowest BCUT2D eigenvalue weighted by molar-refractivity contribution is -0.0466. The largest absolute Gasteiger partial charge is 0.387 e. The summed E-state index contributed by atoms with van der Waals surface area (Å²) in [6, 6.07) is 7.83. The van der Waals surface area contributed by atoms with Crippen molar-refractivity contribution in [1.29, 1.82) is 0 Å². The predicted molar refractivity (Wildman–Crippen MR) is 159 cm³/mol. The van der Waals surface area contributed by atoms with Gasteiger partial charge in [0.1, 0.15) is 30.3 Å². The van der Waals surface area contributed by atoms with Gasteiger partial charge in [-0.2, -0.15) is 0 Å². The maximum absolute atomic E-state index is 12.4. The molecule has 3 aromatic rings. The Kier molecular flexibility index (Phi) is 9.51. The van der Waals surface area contributed by atoms with E-state index in [0.29, 0.717) is 25.3 Å². The number of nitrogens with one attached hydrogen (secondary N) is 2. The van der Waals surface area contributed by atoms with Crippen LogP contribution in [0.4, 0.5) is 10.5 Å². The number of aryl methyl sites for hydroxylation is 1. The van der Waals surface area contributed by atoms with Gasteiger partial charge in [-0.15, -0.1) is 0 Å². The Morgan fingerprint density at radius 3 is 2.52 bits per heavy atom. The molecule has 2 amide bonds. The van der Waals surface area contributed by atoms with Crippen LogP contribution >= 0.6 is 15.9 Å². The number of hydrogen-bond acceptors (Lipinski definition) is 7. The van der Waals surface area contributed by atoms with E-state index in [4.69, 9.17) is 4.74 Å². The van der Waals surface area contributed by atoms with Gasteiger partial charge in [0.25, 0.3) is 0 Å². The van der Waals surface area contributed by atoms with Gasteiger partial charge in [0, 0.05) is 42.0 Å². The summed E-state index contributed by atoms with van der Waals surface area (Å²) >= 11 is 3.56. The van der Waals surface area contributed by atoms with E-state index in [1.165, 1.54) is 11.9 Å². The summed E-state index contributed by atoms with van der Waals surface area (Å²) in [5.41, 5.74) is 3.46. The molecule has 0 bridgehead atoms. The highest BCUT2D eigenvalue weighted by Gasteiger charge is 2.45. The number of carbonyl (C=O) groups is 1. The number of urea groups is 1. The zero-order valence-electron chi connectivity index (χ0n) is 24.1. The van der Waals surface area contributed by atoms with E-state index in [9.17, 15) is 15.0 Å². The molecule has 40 heavy (non-hydrogen) atoms. The second kappa shape index (κ2) is 12.5. The maximum atomic E-state index is 12.4. The van der Waals surface area contributed by atoms with Gasteiger partial charge < -0.3 is 30.2 Å². The lowest BCUT2D eigenvalue weighted by atomic mass is 9.87. The molecule has 3 heterocycles. The molecule has 0 unspecified atom stereocenters. The summed E-state index contributed by atoms with van der Waals surface area (Å²) in [4.78, 5) is 23.2. The zero-order chi connectivity index (χ0) is 29.2. The molecule has 1 aliphatic heterocycles. The number of nitrogens with zero attached hydrogens (tertiary/aromatic N) is 4. The first kappa shape index (κ1) is 30.4. The number of rotatable bonds is 9. The smallest absolute Gasteiger partial charge is 0.319 e. The van der Waals surface area contributed by atoms with Gasteiger partial charge in [0.2, 0.25) is 0 Å². The number of fused-ring (bicyclic) bond motifs is 1. The Hall–Kier alpha value is -2.57. The van der Waals surface area contributed by atoms with Crippen LogP contribution in [0.2, 0.25) is 0 Å². The number of ether oxygens (including phenoxy) is 1. The Morgan fingerprint density at radius 2 is 1.88 bits per heavy atom. The number of halogens is 1. The van der Waals surface area contributed by atoms with Crippen molar-refractivity contribution in [2.45, 2.75) is 84.0 Å². The van der Waals surface area contributed by atoms with Gasteiger partial charge in [-0.25, -0.2) is 14.8 Å². The van der Waals surface area contributed by atoms with Gasteiger partial charge in [-0.05, 0) is 66.2 Å². The molecule has 1 aliphatic rings. The fraction of sp³-hybridized carbons (Fsp3) is 0.552. The third kappa shape index (κ3) is 6.83. The van der Waals surface area contributed by atoms with Gasteiger partial charge in [-0.1, -0.05) is 32.9 Å². The summed E-state index contributed by atoms with van der Waals surface area (Å²) in [6.45, 7) is 14.1. The van der Waals surface area contributed by atoms with E-state index < -0.39 is 24.5 Å². The first-order chi connectivity index (χ1) is 18.9. The molecule has 4 rings (SSSR count). The first-order valence-corrected chi connectivity index (χ1v) is 14.5. The van der Waals surface area contributed by atoms with Gasteiger partial charge >= 0.3 is 6.03 Å². The fourth-order valence-corrected chi connectivity index (χ4v) is 5.68. The lowest BCUT2D eigenvalue weighted by Crippen LogP contribution is -2.44. The monoisotopic (exact) mass is 616 g/mol. The molecule has 0 radical (unpaired) electrons. The molecule has 218 valence electrons. The first-order valence-electron chi connectivity index (χ1n) is 13.8. The maximum Gasteiger partial charge on any atom is 0.319 e. The van der Waals surface area contributed by atoms with Gasteiger partial charge in [-0.3, -0.25) is 4.90 Å². The SMILES string of the molecule is Cc1ncnc2c1c(Br)cn2[C@@H]1O[C@H](CN(CCCNC(=O)Nc2ccc(C(C)(C)C)cc2)C(C)C)[C@@H](O)[C@H]1O. The standard InChI is InChI=1S/C29H41BrN6O4/c1-17(2)35(13-7-12-31-28(39)34-20-10-8-19(9-11-20)29(4,5)6)15-22-24(37)25(38)27(40-22)36-14-21(30)23-18(3)32-16-33-26(23)36/h8-11,14,16-17,22,24-25,27,37-38H,7,12-13,15H2,1-6H3,(H2,31,34,39)/t22-,24-,25-,27-/m1/s1. The molecule has 2 aromatic heterocycles.